The van der Waals surface area contributed by atoms with Crippen molar-refractivity contribution >= 4 is 17.6 Å². The van der Waals surface area contributed by atoms with Gasteiger partial charge in [-0.3, -0.25) is 0 Å². The van der Waals surface area contributed by atoms with E-state index in [9.17, 15) is 0 Å². The number of rotatable bonds is 10. The second kappa shape index (κ2) is 9.89. The maximum Gasteiger partial charge on any atom is 0.219 e. The minimum Gasteiger partial charge on any atom is -0.478 e. The van der Waals surface area contributed by atoms with Gasteiger partial charge in [0.15, 0.2) is 5.16 Å². The molecule has 0 unspecified atom stereocenters. The van der Waals surface area contributed by atoms with Crippen molar-refractivity contribution in [3.05, 3.63) is 6.07 Å². The van der Waals surface area contributed by atoms with Gasteiger partial charge in [0.1, 0.15) is 5.82 Å². The van der Waals surface area contributed by atoms with Crippen LogP contribution in [0, 0.1) is 0 Å². The molecule has 0 fully saturated rings. The van der Waals surface area contributed by atoms with Crippen molar-refractivity contribution < 1.29 is 4.74 Å². The molecule has 1 aromatic rings. The van der Waals surface area contributed by atoms with Crippen LogP contribution in [0.15, 0.2) is 11.2 Å². The van der Waals surface area contributed by atoms with E-state index in [2.05, 4.69) is 29.1 Å². The quantitative estimate of drug-likeness (QED) is 0.400. The molecule has 0 saturated carbocycles. The lowest BCUT2D eigenvalue weighted by molar-refractivity contribution is 0.291. The molecule has 4 nitrogen and oxygen atoms in total. The Labute approximate surface area is 120 Å². The van der Waals surface area contributed by atoms with Gasteiger partial charge in [0.05, 0.1) is 6.61 Å². The van der Waals surface area contributed by atoms with Crippen LogP contribution in [0.5, 0.6) is 5.88 Å². The van der Waals surface area contributed by atoms with E-state index in [0.29, 0.717) is 5.88 Å². The molecule has 0 radical (unpaired) electrons. The van der Waals surface area contributed by atoms with Crippen molar-refractivity contribution in [1.29, 1.82) is 0 Å². The molecule has 0 saturated heterocycles. The molecule has 1 aromatic heterocycles. The second-order valence-corrected chi connectivity index (χ2v) is 5.19. The molecular weight excluding hydrogens is 258 g/mol. The molecule has 0 aliphatic rings. The van der Waals surface area contributed by atoms with Gasteiger partial charge in [0.2, 0.25) is 5.88 Å². The minimum absolute atomic E-state index is 0.675. The Balaban J connectivity index is 2.50. The third-order valence-corrected chi connectivity index (χ3v) is 3.22. The Bertz CT molecular complexity index is 361. The standard InChI is InChI=1S/C14H25N3OS/c1-4-6-7-8-10-18-13-11-12(15-9-5-2)16-14(17-13)19-3/h11H,4-10H2,1-3H3,(H,15,16,17). The van der Waals surface area contributed by atoms with E-state index in [-0.39, 0.29) is 0 Å². The number of thioether (sulfide) groups is 1. The summed E-state index contributed by atoms with van der Waals surface area (Å²) in [6.07, 6.45) is 7.87. The van der Waals surface area contributed by atoms with E-state index in [4.69, 9.17) is 4.74 Å². The van der Waals surface area contributed by atoms with Gasteiger partial charge >= 0.3 is 0 Å². The second-order valence-electron chi connectivity index (χ2n) is 4.41. The first-order valence-corrected chi connectivity index (χ1v) is 8.32. The average Bonchev–Trinajstić information content (AvgIpc) is 2.44. The molecule has 5 heteroatoms. The molecule has 0 aromatic carbocycles. The SMILES string of the molecule is CCCCCCOc1cc(NCCC)nc(SC)n1. The number of nitrogens with one attached hydrogen (secondary N) is 1. The summed E-state index contributed by atoms with van der Waals surface area (Å²) in [6.45, 7) is 6.00. The smallest absolute Gasteiger partial charge is 0.219 e. The van der Waals surface area contributed by atoms with E-state index in [0.717, 1.165) is 37.0 Å². The van der Waals surface area contributed by atoms with Gasteiger partial charge in [-0.1, -0.05) is 44.9 Å². The Kier molecular flexibility index (Phi) is 8.38. The fourth-order valence-corrected chi connectivity index (χ4v) is 1.99. The van der Waals surface area contributed by atoms with Crippen LogP contribution in [0.25, 0.3) is 0 Å². The van der Waals surface area contributed by atoms with E-state index >= 15 is 0 Å². The normalized spacial score (nSPS) is 10.5. The topological polar surface area (TPSA) is 47.0 Å². The van der Waals surface area contributed by atoms with Crippen LogP contribution >= 0.6 is 11.8 Å². The summed E-state index contributed by atoms with van der Waals surface area (Å²) < 4.78 is 5.71. The molecule has 0 aliphatic heterocycles. The molecule has 1 heterocycles. The van der Waals surface area contributed by atoms with E-state index in [1.807, 2.05) is 12.3 Å². The summed E-state index contributed by atoms with van der Waals surface area (Å²) in [7, 11) is 0. The Hall–Kier alpha value is -0.970. The first kappa shape index (κ1) is 16.1. The Morgan fingerprint density at radius 1 is 1.16 bits per heavy atom. The Morgan fingerprint density at radius 2 is 2.00 bits per heavy atom. The fourth-order valence-electron chi connectivity index (χ4n) is 1.62. The van der Waals surface area contributed by atoms with Crippen molar-refractivity contribution in [3.63, 3.8) is 0 Å². The predicted molar refractivity (Wildman–Crippen MR) is 82.2 cm³/mol. The van der Waals surface area contributed by atoms with Crippen molar-refractivity contribution in [1.82, 2.24) is 9.97 Å². The minimum atomic E-state index is 0.675. The predicted octanol–water partition coefficient (Wildman–Crippen LogP) is 3.98. The number of hydrogen-bond acceptors (Lipinski definition) is 5. The van der Waals surface area contributed by atoms with Crippen LogP contribution in [0.2, 0.25) is 0 Å². The highest BCUT2D eigenvalue weighted by molar-refractivity contribution is 7.98. The van der Waals surface area contributed by atoms with E-state index in [1.165, 1.54) is 31.0 Å². The van der Waals surface area contributed by atoms with Crippen LogP contribution in [0.3, 0.4) is 0 Å². The highest BCUT2D eigenvalue weighted by Crippen LogP contribution is 2.19. The number of hydrogen-bond donors (Lipinski definition) is 1. The van der Waals surface area contributed by atoms with Crippen LogP contribution in [0.4, 0.5) is 5.82 Å². The zero-order valence-corrected chi connectivity index (χ0v) is 13.1. The number of aromatic nitrogens is 2. The maximum atomic E-state index is 5.71. The van der Waals surface area contributed by atoms with Crippen LogP contribution in [0.1, 0.15) is 46.0 Å². The molecule has 108 valence electrons. The lowest BCUT2D eigenvalue weighted by Crippen LogP contribution is -2.06. The highest BCUT2D eigenvalue weighted by atomic mass is 32.2. The van der Waals surface area contributed by atoms with E-state index < -0.39 is 0 Å². The van der Waals surface area contributed by atoms with Crippen molar-refractivity contribution in [2.75, 3.05) is 24.7 Å². The van der Waals surface area contributed by atoms with Gasteiger partial charge in [0, 0.05) is 12.6 Å². The molecular formula is C14H25N3OS. The summed E-state index contributed by atoms with van der Waals surface area (Å²) >= 11 is 1.54. The van der Waals surface area contributed by atoms with Crippen LogP contribution in [-0.2, 0) is 0 Å². The van der Waals surface area contributed by atoms with Crippen LogP contribution in [-0.4, -0.2) is 29.4 Å². The first-order valence-electron chi connectivity index (χ1n) is 7.09. The molecule has 0 atom stereocenters. The molecule has 19 heavy (non-hydrogen) atoms. The number of nitrogens with zero attached hydrogens (tertiary/aromatic N) is 2. The monoisotopic (exact) mass is 283 g/mol. The summed E-state index contributed by atoms with van der Waals surface area (Å²) in [5.74, 6) is 1.53. The van der Waals surface area contributed by atoms with Crippen molar-refractivity contribution in [2.24, 2.45) is 0 Å². The maximum absolute atomic E-state index is 5.71. The molecule has 0 spiro atoms. The van der Waals surface area contributed by atoms with Gasteiger partial charge in [0.25, 0.3) is 0 Å². The summed E-state index contributed by atoms with van der Waals surface area (Å²) in [5, 5.41) is 4.03. The molecule has 0 aliphatic carbocycles. The third-order valence-electron chi connectivity index (χ3n) is 2.67. The largest absolute Gasteiger partial charge is 0.478 e. The zero-order chi connectivity index (χ0) is 13.9. The van der Waals surface area contributed by atoms with Gasteiger partial charge in [-0.2, -0.15) is 4.98 Å². The number of unbranched alkanes of at least 4 members (excludes halogenated alkanes) is 3. The highest BCUT2D eigenvalue weighted by Gasteiger charge is 2.04. The molecule has 1 rings (SSSR count). The van der Waals surface area contributed by atoms with Crippen molar-refractivity contribution in [3.8, 4) is 5.88 Å². The van der Waals surface area contributed by atoms with Gasteiger partial charge in [-0.15, -0.1) is 0 Å². The fraction of sp³-hybridized carbons (Fsp3) is 0.714. The van der Waals surface area contributed by atoms with Gasteiger partial charge < -0.3 is 10.1 Å². The van der Waals surface area contributed by atoms with E-state index in [1.54, 1.807) is 0 Å². The van der Waals surface area contributed by atoms with Crippen molar-refractivity contribution in [2.45, 2.75) is 51.1 Å². The van der Waals surface area contributed by atoms with Gasteiger partial charge in [-0.25, -0.2) is 4.98 Å². The molecule has 1 N–H and O–H groups in total. The molecule has 0 amide bonds. The average molecular weight is 283 g/mol. The third kappa shape index (κ3) is 6.66. The summed E-state index contributed by atoms with van der Waals surface area (Å²) in [5.41, 5.74) is 0. The molecule has 0 bridgehead atoms. The zero-order valence-electron chi connectivity index (χ0n) is 12.2. The van der Waals surface area contributed by atoms with Gasteiger partial charge in [-0.05, 0) is 19.1 Å². The van der Waals surface area contributed by atoms with Crippen LogP contribution < -0.4 is 10.1 Å². The number of ether oxygens (including phenoxy) is 1. The Morgan fingerprint density at radius 3 is 2.68 bits per heavy atom. The lowest BCUT2D eigenvalue weighted by atomic mass is 10.2. The lowest BCUT2D eigenvalue weighted by Gasteiger charge is -2.09. The summed E-state index contributed by atoms with van der Waals surface area (Å²) in [4.78, 5) is 8.78. The first-order chi connectivity index (χ1) is 9.30. The number of anilines is 1. The summed E-state index contributed by atoms with van der Waals surface area (Å²) in [6, 6.07) is 1.88.